The summed E-state index contributed by atoms with van der Waals surface area (Å²) in [6.07, 6.45) is -1.35. The lowest BCUT2D eigenvalue weighted by Gasteiger charge is -2.20. The summed E-state index contributed by atoms with van der Waals surface area (Å²) in [6, 6.07) is 2.25. The molecule has 4 nitrogen and oxygen atoms in total. The van der Waals surface area contributed by atoms with Crippen LogP contribution in [0.4, 0.5) is 8.78 Å². The number of benzene rings is 1. The van der Waals surface area contributed by atoms with Crippen LogP contribution in [0.25, 0.3) is 0 Å². The van der Waals surface area contributed by atoms with E-state index in [-0.39, 0.29) is 18.5 Å². The zero-order valence-electron chi connectivity index (χ0n) is 9.86. The number of nitrogens with one attached hydrogen (secondary N) is 1. The molecule has 0 bridgehead atoms. The lowest BCUT2D eigenvalue weighted by molar-refractivity contribution is -0.136. The first kappa shape index (κ1) is 14.5. The van der Waals surface area contributed by atoms with Gasteiger partial charge in [0.25, 0.3) is 0 Å². The second-order valence-electron chi connectivity index (χ2n) is 4.00. The van der Waals surface area contributed by atoms with Gasteiger partial charge in [0.1, 0.15) is 11.6 Å². The van der Waals surface area contributed by atoms with Gasteiger partial charge in [0.05, 0.1) is 12.5 Å². The monoisotopic (exact) mass is 259 g/mol. The van der Waals surface area contributed by atoms with Crippen LogP contribution in [0.1, 0.15) is 25.0 Å². The fourth-order valence-electron chi connectivity index (χ4n) is 1.53. The SMILES string of the molecule is CC(NCCC(=O)O)C(O)c1cc(F)ccc1F. The average molecular weight is 259 g/mol. The van der Waals surface area contributed by atoms with Gasteiger partial charge in [-0.1, -0.05) is 0 Å². The molecule has 0 aliphatic carbocycles. The molecule has 6 heteroatoms. The van der Waals surface area contributed by atoms with Crippen molar-refractivity contribution < 1.29 is 23.8 Å². The van der Waals surface area contributed by atoms with Crippen molar-refractivity contribution in [2.45, 2.75) is 25.5 Å². The van der Waals surface area contributed by atoms with Crippen LogP contribution in [-0.2, 0) is 4.79 Å². The van der Waals surface area contributed by atoms with E-state index in [9.17, 15) is 18.7 Å². The van der Waals surface area contributed by atoms with Gasteiger partial charge in [-0.25, -0.2) is 8.78 Å². The maximum atomic E-state index is 13.4. The number of aliphatic hydroxyl groups is 1. The van der Waals surface area contributed by atoms with Gasteiger partial charge in [-0.3, -0.25) is 4.79 Å². The fourth-order valence-corrected chi connectivity index (χ4v) is 1.53. The van der Waals surface area contributed by atoms with Crippen molar-refractivity contribution in [1.29, 1.82) is 0 Å². The number of carboxylic acid groups (broad SMARTS) is 1. The van der Waals surface area contributed by atoms with E-state index in [2.05, 4.69) is 5.32 Å². The highest BCUT2D eigenvalue weighted by atomic mass is 19.1. The number of aliphatic hydroxyl groups excluding tert-OH is 1. The number of carboxylic acids is 1. The lowest BCUT2D eigenvalue weighted by Crippen LogP contribution is -2.34. The minimum absolute atomic E-state index is 0.108. The zero-order valence-corrected chi connectivity index (χ0v) is 9.86. The van der Waals surface area contributed by atoms with Gasteiger partial charge in [0.15, 0.2) is 0 Å². The van der Waals surface area contributed by atoms with E-state index in [1.54, 1.807) is 6.92 Å². The normalized spacial score (nSPS) is 14.2. The second-order valence-corrected chi connectivity index (χ2v) is 4.00. The first-order valence-electron chi connectivity index (χ1n) is 5.50. The molecule has 18 heavy (non-hydrogen) atoms. The Balaban J connectivity index is 2.64. The molecule has 1 aromatic rings. The van der Waals surface area contributed by atoms with Gasteiger partial charge in [0.2, 0.25) is 0 Å². The zero-order chi connectivity index (χ0) is 13.7. The van der Waals surface area contributed by atoms with Crippen molar-refractivity contribution in [2.75, 3.05) is 6.54 Å². The fraction of sp³-hybridized carbons (Fsp3) is 0.417. The van der Waals surface area contributed by atoms with Gasteiger partial charge in [0, 0.05) is 18.2 Å². The minimum Gasteiger partial charge on any atom is -0.481 e. The molecule has 100 valence electrons. The standard InChI is InChI=1S/C12H15F2NO3/c1-7(15-5-4-11(16)17)12(18)9-6-8(13)2-3-10(9)14/h2-3,6-7,12,15,18H,4-5H2,1H3,(H,16,17). The summed E-state index contributed by atoms with van der Waals surface area (Å²) in [7, 11) is 0. The molecule has 1 rings (SSSR count). The predicted octanol–water partition coefficient (Wildman–Crippen LogP) is 1.45. The second kappa shape index (κ2) is 6.42. The number of hydrogen-bond acceptors (Lipinski definition) is 3. The first-order valence-corrected chi connectivity index (χ1v) is 5.50. The Morgan fingerprint density at radius 1 is 1.44 bits per heavy atom. The summed E-state index contributed by atoms with van der Waals surface area (Å²) >= 11 is 0. The molecule has 0 spiro atoms. The molecule has 0 saturated carbocycles. The summed E-state index contributed by atoms with van der Waals surface area (Å²) in [6.45, 7) is 1.71. The molecule has 0 fully saturated rings. The average Bonchev–Trinajstić information content (AvgIpc) is 2.30. The van der Waals surface area contributed by atoms with E-state index >= 15 is 0 Å². The molecule has 1 aromatic carbocycles. The van der Waals surface area contributed by atoms with Crippen molar-refractivity contribution in [3.05, 3.63) is 35.4 Å². The van der Waals surface area contributed by atoms with Crippen molar-refractivity contribution in [1.82, 2.24) is 5.32 Å². The van der Waals surface area contributed by atoms with E-state index < -0.39 is 29.7 Å². The van der Waals surface area contributed by atoms with Crippen molar-refractivity contribution in [3.63, 3.8) is 0 Å². The summed E-state index contributed by atoms with van der Waals surface area (Å²) in [4.78, 5) is 10.3. The molecule has 0 saturated heterocycles. The van der Waals surface area contributed by atoms with Gasteiger partial charge in [-0.2, -0.15) is 0 Å². The Hall–Kier alpha value is -1.53. The van der Waals surface area contributed by atoms with Gasteiger partial charge < -0.3 is 15.5 Å². The molecule has 0 aromatic heterocycles. The third-order valence-corrected chi connectivity index (χ3v) is 2.56. The molecule has 0 amide bonds. The topological polar surface area (TPSA) is 69.6 Å². The summed E-state index contributed by atoms with van der Waals surface area (Å²) in [5.74, 6) is -2.31. The number of rotatable bonds is 6. The molecule has 0 radical (unpaired) electrons. The summed E-state index contributed by atoms with van der Waals surface area (Å²) in [5.41, 5.74) is -0.148. The van der Waals surface area contributed by atoms with E-state index in [1.807, 2.05) is 0 Å². The van der Waals surface area contributed by atoms with Crippen LogP contribution in [0.15, 0.2) is 18.2 Å². The van der Waals surface area contributed by atoms with Crippen molar-refractivity contribution in [3.8, 4) is 0 Å². The van der Waals surface area contributed by atoms with Crippen LogP contribution in [0.2, 0.25) is 0 Å². The molecule has 0 aliphatic rings. The largest absolute Gasteiger partial charge is 0.481 e. The molecule has 0 aliphatic heterocycles. The molecule has 2 atom stereocenters. The summed E-state index contributed by atoms with van der Waals surface area (Å²) < 4.78 is 26.3. The Kier molecular flexibility index (Phi) is 5.18. The predicted molar refractivity (Wildman–Crippen MR) is 61.0 cm³/mol. The molecular formula is C12H15F2NO3. The number of hydrogen-bond donors (Lipinski definition) is 3. The Bertz CT molecular complexity index is 426. The Morgan fingerprint density at radius 3 is 2.72 bits per heavy atom. The van der Waals surface area contributed by atoms with Crippen molar-refractivity contribution >= 4 is 5.97 Å². The van der Waals surface area contributed by atoms with E-state index in [1.165, 1.54) is 0 Å². The molecule has 2 unspecified atom stereocenters. The van der Waals surface area contributed by atoms with Gasteiger partial charge >= 0.3 is 5.97 Å². The van der Waals surface area contributed by atoms with Gasteiger partial charge in [-0.05, 0) is 25.1 Å². The third kappa shape index (κ3) is 4.05. The molecular weight excluding hydrogens is 244 g/mol. The first-order chi connectivity index (χ1) is 8.41. The highest BCUT2D eigenvalue weighted by Crippen LogP contribution is 2.21. The van der Waals surface area contributed by atoms with Crippen LogP contribution in [0.5, 0.6) is 0 Å². The number of aliphatic carboxylic acids is 1. The quantitative estimate of drug-likeness (QED) is 0.723. The van der Waals surface area contributed by atoms with Crippen molar-refractivity contribution in [2.24, 2.45) is 0 Å². The van der Waals surface area contributed by atoms with E-state index in [4.69, 9.17) is 5.11 Å². The van der Waals surface area contributed by atoms with Crippen LogP contribution in [0, 0.1) is 11.6 Å². The molecule has 0 heterocycles. The van der Waals surface area contributed by atoms with Gasteiger partial charge in [-0.15, -0.1) is 0 Å². The van der Waals surface area contributed by atoms with Crippen LogP contribution in [0.3, 0.4) is 0 Å². The van der Waals surface area contributed by atoms with E-state index in [0.29, 0.717) is 0 Å². The van der Waals surface area contributed by atoms with Crippen LogP contribution >= 0.6 is 0 Å². The number of halogens is 2. The Morgan fingerprint density at radius 2 is 2.11 bits per heavy atom. The summed E-state index contributed by atoms with van der Waals surface area (Å²) in [5, 5.41) is 21.0. The maximum absolute atomic E-state index is 13.4. The number of carbonyl (C=O) groups is 1. The highest BCUT2D eigenvalue weighted by molar-refractivity contribution is 5.66. The van der Waals surface area contributed by atoms with Crippen LogP contribution < -0.4 is 5.32 Å². The maximum Gasteiger partial charge on any atom is 0.304 e. The lowest BCUT2D eigenvalue weighted by atomic mass is 10.0. The van der Waals surface area contributed by atoms with E-state index in [0.717, 1.165) is 18.2 Å². The van der Waals surface area contributed by atoms with Crippen LogP contribution in [-0.4, -0.2) is 28.8 Å². The smallest absolute Gasteiger partial charge is 0.304 e. The highest BCUT2D eigenvalue weighted by Gasteiger charge is 2.20. The minimum atomic E-state index is -1.24. The molecule has 3 N–H and O–H groups in total. The Labute approximate surface area is 103 Å². The third-order valence-electron chi connectivity index (χ3n) is 2.56.